The second kappa shape index (κ2) is 7.11. The van der Waals surface area contributed by atoms with E-state index in [2.05, 4.69) is 12.2 Å². The maximum atomic E-state index is 12.1. The number of hydrogen-bond donors (Lipinski definition) is 1. The molecule has 1 aromatic carbocycles. The van der Waals surface area contributed by atoms with Crippen molar-refractivity contribution in [3.05, 3.63) is 23.8 Å². The Balaban J connectivity index is 1.97. The highest BCUT2D eigenvalue weighted by molar-refractivity contribution is 6.00. The molecule has 0 aliphatic carbocycles. The number of benzene rings is 1. The first kappa shape index (κ1) is 15.4. The number of anilines is 1. The Morgan fingerprint density at radius 2 is 2.14 bits per heavy atom. The van der Waals surface area contributed by atoms with Gasteiger partial charge in [-0.25, -0.2) is 0 Å². The second-order valence-corrected chi connectivity index (χ2v) is 5.24. The molecule has 0 bridgehead atoms. The standard InChI is InChI=1S/C16H22N2O3/c1-3-4-5-6-9-17-16(20)12-7-8-14-13(10-12)18(2)15(19)11-21-14/h7-8,10H,3-6,9,11H2,1-2H3,(H,17,20). The van der Waals surface area contributed by atoms with Gasteiger partial charge in [-0.1, -0.05) is 26.2 Å². The molecule has 0 saturated heterocycles. The van der Waals surface area contributed by atoms with Gasteiger partial charge in [0.1, 0.15) is 5.75 Å². The highest BCUT2D eigenvalue weighted by atomic mass is 16.5. The van der Waals surface area contributed by atoms with Gasteiger partial charge in [0.05, 0.1) is 5.69 Å². The normalized spacial score (nSPS) is 13.6. The van der Waals surface area contributed by atoms with E-state index in [9.17, 15) is 9.59 Å². The summed E-state index contributed by atoms with van der Waals surface area (Å²) >= 11 is 0. The molecule has 0 spiro atoms. The van der Waals surface area contributed by atoms with E-state index in [0.717, 1.165) is 12.8 Å². The summed E-state index contributed by atoms with van der Waals surface area (Å²) in [4.78, 5) is 25.2. The lowest BCUT2D eigenvalue weighted by atomic mass is 10.1. The average Bonchev–Trinajstić information content (AvgIpc) is 2.50. The third-order valence-electron chi connectivity index (χ3n) is 3.62. The van der Waals surface area contributed by atoms with E-state index in [4.69, 9.17) is 4.74 Å². The van der Waals surface area contributed by atoms with E-state index >= 15 is 0 Å². The highest BCUT2D eigenvalue weighted by Gasteiger charge is 2.23. The lowest BCUT2D eigenvalue weighted by molar-refractivity contribution is -0.120. The number of hydrogen-bond acceptors (Lipinski definition) is 3. The fourth-order valence-electron chi connectivity index (χ4n) is 2.27. The molecule has 1 heterocycles. The van der Waals surface area contributed by atoms with E-state index in [0.29, 0.717) is 23.5 Å². The summed E-state index contributed by atoms with van der Waals surface area (Å²) in [7, 11) is 1.69. The van der Waals surface area contributed by atoms with Gasteiger partial charge in [-0.3, -0.25) is 9.59 Å². The van der Waals surface area contributed by atoms with Crippen LogP contribution in [0.2, 0.25) is 0 Å². The molecule has 0 atom stereocenters. The molecule has 0 fully saturated rings. The van der Waals surface area contributed by atoms with Crippen molar-refractivity contribution in [3.8, 4) is 5.75 Å². The molecular formula is C16H22N2O3. The van der Waals surface area contributed by atoms with Gasteiger partial charge >= 0.3 is 0 Å². The zero-order valence-corrected chi connectivity index (χ0v) is 12.6. The maximum Gasteiger partial charge on any atom is 0.264 e. The summed E-state index contributed by atoms with van der Waals surface area (Å²) in [5, 5.41) is 2.91. The van der Waals surface area contributed by atoms with Crippen LogP contribution in [0, 0.1) is 0 Å². The fourth-order valence-corrected chi connectivity index (χ4v) is 2.27. The van der Waals surface area contributed by atoms with Crippen molar-refractivity contribution in [2.24, 2.45) is 0 Å². The topological polar surface area (TPSA) is 58.6 Å². The number of ether oxygens (including phenoxy) is 1. The third-order valence-corrected chi connectivity index (χ3v) is 3.62. The Morgan fingerprint density at radius 1 is 1.33 bits per heavy atom. The van der Waals surface area contributed by atoms with Crippen LogP contribution in [0.5, 0.6) is 5.75 Å². The summed E-state index contributed by atoms with van der Waals surface area (Å²) in [5.74, 6) is 0.414. The van der Waals surface area contributed by atoms with Crippen LogP contribution in [0.4, 0.5) is 5.69 Å². The number of carbonyl (C=O) groups excluding carboxylic acids is 2. The first-order chi connectivity index (χ1) is 10.1. The first-order valence-corrected chi connectivity index (χ1v) is 7.45. The zero-order chi connectivity index (χ0) is 15.2. The van der Waals surface area contributed by atoms with Crippen molar-refractivity contribution >= 4 is 17.5 Å². The number of nitrogens with zero attached hydrogens (tertiary/aromatic N) is 1. The summed E-state index contributed by atoms with van der Waals surface area (Å²) in [5.41, 5.74) is 1.19. The van der Waals surface area contributed by atoms with E-state index in [1.165, 1.54) is 17.7 Å². The number of nitrogens with one attached hydrogen (secondary N) is 1. The summed E-state index contributed by atoms with van der Waals surface area (Å²) < 4.78 is 5.34. The Labute approximate surface area is 125 Å². The SMILES string of the molecule is CCCCCCNC(=O)c1ccc2c(c1)N(C)C(=O)CO2. The average molecular weight is 290 g/mol. The molecule has 1 aliphatic heterocycles. The lowest BCUT2D eigenvalue weighted by Crippen LogP contribution is -2.35. The maximum absolute atomic E-state index is 12.1. The van der Waals surface area contributed by atoms with Gasteiger partial charge in [-0.2, -0.15) is 0 Å². The number of amides is 2. The van der Waals surface area contributed by atoms with E-state index in [-0.39, 0.29) is 18.4 Å². The van der Waals surface area contributed by atoms with Crippen LogP contribution in [-0.4, -0.2) is 32.0 Å². The highest BCUT2D eigenvalue weighted by Crippen LogP contribution is 2.31. The van der Waals surface area contributed by atoms with Crippen LogP contribution in [0.15, 0.2) is 18.2 Å². The van der Waals surface area contributed by atoms with E-state index < -0.39 is 0 Å². The number of carbonyl (C=O) groups is 2. The lowest BCUT2D eigenvalue weighted by Gasteiger charge is -2.26. The minimum absolute atomic E-state index is 0.0481. The Morgan fingerprint density at radius 3 is 2.90 bits per heavy atom. The predicted octanol–water partition coefficient (Wildman–Crippen LogP) is 2.35. The number of unbranched alkanes of at least 4 members (excludes halogenated alkanes) is 3. The molecular weight excluding hydrogens is 268 g/mol. The van der Waals surface area contributed by atoms with Crippen LogP contribution in [-0.2, 0) is 4.79 Å². The van der Waals surface area contributed by atoms with Crippen LogP contribution >= 0.6 is 0 Å². The van der Waals surface area contributed by atoms with E-state index in [1.54, 1.807) is 25.2 Å². The molecule has 1 aliphatic rings. The summed E-state index contributed by atoms with van der Waals surface area (Å²) in [6.45, 7) is 2.89. The van der Waals surface area contributed by atoms with Gasteiger partial charge in [0.2, 0.25) is 0 Å². The van der Waals surface area contributed by atoms with Crippen LogP contribution in [0.1, 0.15) is 43.0 Å². The molecule has 0 radical (unpaired) electrons. The minimum atomic E-state index is -0.111. The molecule has 5 nitrogen and oxygen atoms in total. The molecule has 0 aromatic heterocycles. The van der Waals surface area contributed by atoms with Gasteiger partial charge in [-0.15, -0.1) is 0 Å². The molecule has 114 valence electrons. The first-order valence-electron chi connectivity index (χ1n) is 7.45. The number of rotatable bonds is 6. The molecule has 0 unspecified atom stereocenters. The third kappa shape index (κ3) is 3.74. The van der Waals surface area contributed by atoms with Crippen molar-refractivity contribution < 1.29 is 14.3 Å². The molecule has 1 N–H and O–H groups in total. The minimum Gasteiger partial charge on any atom is -0.482 e. The smallest absolute Gasteiger partial charge is 0.264 e. The Hall–Kier alpha value is -2.04. The van der Waals surface area contributed by atoms with E-state index in [1.807, 2.05) is 0 Å². The molecule has 2 amide bonds. The Kier molecular flexibility index (Phi) is 5.20. The van der Waals surface area contributed by atoms with Gasteiger partial charge in [-0.05, 0) is 24.6 Å². The molecule has 5 heteroatoms. The van der Waals surface area contributed by atoms with Gasteiger partial charge in [0.25, 0.3) is 11.8 Å². The molecule has 21 heavy (non-hydrogen) atoms. The van der Waals surface area contributed by atoms with Gasteiger partial charge < -0.3 is 15.0 Å². The Bertz CT molecular complexity index is 528. The van der Waals surface area contributed by atoms with Crippen LogP contribution < -0.4 is 15.0 Å². The summed E-state index contributed by atoms with van der Waals surface area (Å²) in [6.07, 6.45) is 4.50. The molecule has 0 saturated carbocycles. The second-order valence-electron chi connectivity index (χ2n) is 5.24. The molecule has 2 rings (SSSR count). The monoisotopic (exact) mass is 290 g/mol. The zero-order valence-electron chi connectivity index (χ0n) is 12.6. The number of likely N-dealkylation sites (N-methyl/N-ethyl adjacent to an activating group) is 1. The quantitative estimate of drug-likeness (QED) is 0.818. The van der Waals surface area contributed by atoms with Crippen LogP contribution in [0.3, 0.4) is 0 Å². The van der Waals surface area contributed by atoms with Crippen molar-refractivity contribution in [1.82, 2.24) is 5.32 Å². The van der Waals surface area contributed by atoms with Crippen molar-refractivity contribution in [2.45, 2.75) is 32.6 Å². The molecule has 1 aromatic rings. The van der Waals surface area contributed by atoms with Gasteiger partial charge in [0.15, 0.2) is 6.61 Å². The predicted molar refractivity (Wildman–Crippen MR) is 81.8 cm³/mol. The number of fused-ring (bicyclic) bond motifs is 1. The van der Waals surface area contributed by atoms with Crippen molar-refractivity contribution in [1.29, 1.82) is 0 Å². The van der Waals surface area contributed by atoms with Crippen molar-refractivity contribution in [2.75, 3.05) is 25.1 Å². The fraction of sp³-hybridized carbons (Fsp3) is 0.500. The van der Waals surface area contributed by atoms with Gasteiger partial charge in [0, 0.05) is 19.2 Å². The van der Waals surface area contributed by atoms with Crippen molar-refractivity contribution in [3.63, 3.8) is 0 Å². The largest absolute Gasteiger partial charge is 0.482 e. The summed E-state index contributed by atoms with van der Waals surface area (Å²) in [6, 6.07) is 5.17. The van der Waals surface area contributed by atoms with Crippen LogP contribution in [0.25, 0.3) is 0 Å².